The van der Waals surface area contributed by atoms with Gasteiger partial charge in [-0.3, -0.25) is 9.59 Å². The molecule has 0 bridgehead atoms. The zero-order chi connectivity index (χ0) is 12.0. The van der Waals surface area contributed by atoms with Gasteiger partial charge < -0.3 is 0 Å². The molecule has 0 aliphatic heterocycles. The molecule has 1 saturated carbocycles. The van der Waals surface area contributed by atoms with Crippen molar-refractivity contribution in [1.82, 2.24) is 0 Å². The predicted molar refractivity (Wildman–Crippen MR) is 65.3 cm³/mol. The lowest BCUT2D eigenvalue weighted by atomic mass is 9.76. The van der Waals surface area contributed by atoms with Gasteiger partial charge in [-0.25, -0.2) is 0 Å². The molecule has 0 unspecified atom stereocenters. The Balaban J connectivity index is 2.42. The number of rotatable bonds is 6. The van der Waals surface area contributed by atoms with E-state index in [-0.39, 0.29) is 17.5 Å². The van der Waals surface area contributed by atoms with Crippen molar-refractivity contribution in [3.8, 4) is 0 Å². The molecule has 0 aromatic rings. The van der Waals surface area contributed by atoms with E-state index in [0.29, 0.717) is 18.8 Å². The fraction of sp³-hybridized carbons (Fsp3) is 0.857. The Morgan fingerprint density at radius 3 is 2.06 bits per heavy atom. The number of ketones is 2. The van der Waals surface area contributed by atoms with Crippen molar-refractivity contribution in [1.29, 1.82) is 0 Å². The Hall–Kier alpha value is -0.660. The van der Waals surface area contributed by atoms with E-state index in [0.717, 1.165) is 38.5 Å². The van der Waals surface area contributed by atoms with Crippen LogP contribution >= 0.6 is 0 Å². The number of carbonyl (C=O) groups excluding carboxylic acids is 2. The van der Waals surface area contributed by atoms with Gasteiger partial charge in [-0.15, -0.1) is 0 Å². The molecule has 92 valence electrons. The Morgan fingerprint density at radius 1 is 0.938 bits per heavy atom. The number of hydrogen-bond acceptors (Lipinski definition) is 2. The fourth-order valence-corrected chi connectivity index (χ4v) is 2.64. The second-order valence-corrected chi connectivity index (χ2v) is 5.04. The van der Waals surface area contributed by atoms with Crippen molar-refractivity contribution >= 4 is 11.6 Å². The maximum absolute atomic E-state index is 11.9. The van der Waals surface area contributed by atoms with E-state index < -0.39 is 0 Å². The molecule has 0 spiro atoms. The first-order valence-corrected chi connectivity index (χ1v) is 6.74. The Labute approximate surface area is 98.8 Å². The highest BCUT2D eigenvalue weighted by Crippen LogP contribution is 2.29. The average Bonchev–Trinajstić information content (AvgIpc) is 2.23. The molecular weight excluding hydrogens is 200 g/mol. The van der Waals surface area contributed by atoms with Crippen LogP contribution < -0.4 is 0 Å². The van der Waals surface area contributed by atoms with E-state index in [4.69, 9.17) is 0 Å². The predicted octanol–water partition coefficient (Wildman–Crippen LogP) is 3.53. The summed E-state index contributed by atoms with van der Waals surface area (Å²) in [6.45, 7) is 4.25. The van der Waals surface area contributed by atoms with Crippen LogP contribution in [0.4, 0.5) is 0 Å². The average molecular weight is 224 g/mol. The molecule has 0 saturated heterocycles. The van der Waals surface area contributed by atoms with Crippen LogP contribution in [0.3, 0.4) is 0 Å². The van der Waals surface area contributed by atoms with Gasteiger partial charge in [0.15, 0.2) is 0 Å². The van der Waals surface area contributed by atoms with Crippen LogP contribution in [-0.4, -0.2) is 11.6 Å². The first-order valence-electron chi connectivity index (χ1n) is 6.74. The fourth-order valence-electron chi connectivity index (χ4n) is 2.64. The molecule has 0 radical (unpaired) electrons. The molecule has 0 aromatic carbocycles. The molecule has 1 aliphatic rings. The summed E-state index contributed by atoms with van der Waals surface area (Å²) in [7, 11) is 0. The Bertz CT molecular complexity index is 227. The lowest BCUT2D eigenvalue weighted by Crippen LogP contribution is -2.33. The van der Waals surface area contributed by atoms with Crippen LogP contribution in [-0.2, 0) is 9.59 Å². The molecular formula is C14H24O2. The number of unbranched alkanes of at least 4 members (excludes halogenated alkanes) is 2. The summed E-state index contributed by atoms with van der Waals surface area (Å²) in [5.41, 5.74) is 0. The van der Waals surface area contributed by atoms with Crippen LogP contribution in [0.25, 0.3) is 0 Å². The van der Waals surface area contributed by atoms with Crippen LogP contribution in [0.1, 0.15) is 65.2 Å². The molecule has 0 heterocycles. The summed E-state index contributed by atoms with van der Waals surface area (Å²) in [6.07, 6.45) is 7.50. The SMILES string of the molecule is CCCCCC1C(=O)CC(CCC)CC1=O. The van der Waals surface area contributed by atoms with Gasteiger partial charge in [0.1, 0.15) is 11.6 Å². The molecule has 0 atom stereocenters. The first-order chi connectivity index (χ1) is 7.69. The van der Waals surface area contributed by atoms with E-state index in [1.54, 1.807) is 0 Å². The first kappa shape index (κ1) is 13.4. The van der Waals surface area contributed by atoms with Crippen LogP contribution in [0.15, 0.2) is 0 Å². The summed E-state index contributed by atoms with van der Waals surface area (Å²) in [4.78, 5) is 23.7. The topological polar surface area (TPSA) is 34.1 Å². The minimum Gasteiger partial charge on any atom is -0.299 e. The molecule has 1 aliphatic carbocycles. The minimum absolute atomic E-state index is 0.214. The summed E-state index contributed by atoms with van der Waals surface area (Å²) >= 11 is 0. The zero-order valence-electron chi connectivity index (χ0n) is 10.6. The van der Waals surface area contributed by atoms with E-state index in [1.807, 2.05) is 0 Å². The number of carbonyl (C=O) groups is 2. The van der Waals surface area contributed by atoms with Gasteiger partial charge in [-0.1, -0.05) is 39.5 Å². The van der Waals surface area contributed by atoms with Crippen LogP contribution in [0.5, 0.6) is 0 Å². The van der Waals surface area contributed by atoms with Gasteiger partial charge >= 0.3 is 0 Å². The second-order valence-electron chi connectivity index (χ2n) is 5.04. The summed E-state index contributed by atoms with van der Waals surface area (Å²) in [5.74, 6) is 0.517. The standard InChI is InChI=1S/C14H24O2/c1-3-5-6-8-12-13(15)9-11(7-4-2)10-14(12)16/h11-12H,3-10H2,1-2H3. The Kier molecular flexibility index (Phi) is 5.72. The van der Waals surface area contributed by atoms with Crippen molar-refractivity contribution in [2.75, 3.05) is 0 Å². The summed E-state index contributed by atoms with van der Waals surface area (Å²) < 4.78 is 0. The van der Waals surface area contributed by atoms with Crippen molar-refractivity contribution in [2.24, 2.45) is 11.8 Å². The molecule has 0 aromatic heterocycles. The molecule has 2 nitrogen and oxygen atoms in total. The number of hydrogen-bond donors (Lipinski definition) is 0. The summed E-state index contributed by atoms with van der Waals surface area (Å²) in [6, 6.07) is 0. The van der Waals surface area contributed by atoms with Gasteiger partial charge in [-0.2, -0.15) is 0 Å². The molecule has 2 heteroatoms. The smallest absolute Gasteiger partial charge is 0.143 e. The number of Topliss-reactive ketones (excluding diaryl/α,β-unsaturated/α-hetero) is 2. The maximum Gasteiger partial charge on any atom is 0.143 e. The van der Waals surface area contributed by atoms with Crippen LogP contribution in [0, 0.1) is 11.8 Å². The van der Waals surface area contributed by atoms with Crippen molar-refractivity contribution in [3.05, 3.63) is 0 Å². The van der Waals surface area contributed by atoms with Crippen molar-refractivity contribution in [2.45, 2.75) is 65.2 Å². The summed E-state index contributed by atoms with van der Waals surface area (Å²) in [5, 5.41) is 0. The Morgan fingerprint density at radius 2 is 1.56 bits per heavy atom. The monoisotopic (exact) mass is 224 g/mol. The molecule has 0 N–H and O–H groups in total. The van der Waals surface area contributed by atoms with E-state index in [1.165, 1.54) is 0 Å². The maximum atomic E-state index is 11.9. The van der Waals surface area contributed by atoms with E-state index in [9.17, 15) is 9.59 Å². The third-order valence-corrected chi connectivity index (χ3v) is 3.55. The molecule has 1 fully saturated rings. The van der Waals surface area contributed by atoms with Gasteiger partial charge in [0.25, 0.3) is 0 Å². The zero-order valence-corrected chi connectivity index (χ0v) is 10.6. The molecule has 16 heavy (non-hydrogen) atoms. The van der Waals surface area contributed by atoms with Crippen molar-refractivity contribution < 1.29 is 9.59 Å². The largest absolute Gasteiger partial charge is 0.299 e. The van der Waals surface area contributed by atoms with E-state index in [2.05, 4.69) is 13.8 Å². The highest BCUT2D eigenvalue weighted by Gasteiger charge is 2.34. The normalized spacial score (nSPS) is 26.1. The van der Waals surface area contributed by atoms with Crippen molar-refractivity contribution in [3.63, 3.8) is 0 Å². The highest BCUT2D eigenvalue weighted by molar-refractivity contribution is 6.04. The van der Waals surface area contributed by atoms with Gasteiger partial charge in [0, 0.05) is 12.8 Å². The van der Waals surface area contributed by atoms with Gasteiger partial charge in [0.05, 0.1) is 5.92 Å². The van der Waals surface area contributed by atoms with Gasteiger partial charge in [-0.05, 0) is 18.8 Å². The highest BCUT2D eigenvalue weighted by atomic mass is 16.2. The third-order valence-electron chi connectivity index (χ3n) is 3.55. The van der Waals surface area contributed by atoms with Gasteiger partial charge in [0.2, 0.25) is 0 Å². The van der Waals surface area contributed by atoms with Crippen LogP contribution in [0.2, 0.25) is 0 Å². The van der Waals surface area contributed by atoms with E-state index >= 15 is 0 Å². The lowest BCUT2D eigenvalue weighted by molar-refractivity contribution is -0.137. The quantitative estimate of drug-likeness (QED) is 0.511. The second kappa shape index (κ2) is 6.82. The molecule has 0 amide bonds. The molecule has 1 rings (SSSR count). The third kappa shape index (κ3) is 3.73. The minimum atomic E-state index is -0.250. The lowest BCUT2D eigenvalue weighted by Gasteiger charge is -2.26.